The minimum absolute atomic E-state index is 0.105. The van der Waals surface area contributed by atoms with Crippen LogP contribution < -0.4 is 15.5 Å². The molecule has 166 valence electrons. The van der Waals surface area contributed by atoms with Crippen LogP contribution in [0.2, 0.25) is 0 Å². The lowest BCUT2D eigenvalue weighted by atomic mass is 10.1. The lowest BCUT2D eigenvalue weighted by Gasteiger charge is -2.39. The standard InChI is InChI=1S/C21H23N7O3S/c1-32(30,31)12-13-6-16(4-5-18(13)27-10-17(29)11-27)24-19-7-20(25-15-2-3-15)28-21(26-19)14(8-22)9-23-28/h4-7,9,15,17,25,29H,2-3,10-12H2,1H3,(H,24,26). The normalized spacial score (nSPS) is 16.6. The maximum Gasteiger partial charge on any atom is 0.177 e. The second kappa shape index (κ2) is 7.65. The van der Waals surface area contributed by atoms with E-state index >= 15 is 0 Å². The van der Waals surface area contributed by atoms with Gasteiger partial charge in [0.15, 0.2) is 15.5 Å². The van der Waals surface area contributed by atoms with Gasteiger partial charge in [-0.1, -0.05) is 0 Å². The number of sulfone groups is 1. The van der Waals surface area contributed by atoms with Crippen LogP contribution >= 0.6 is 0 Å². The van der Waals surface area contributed by atoms with Crippen LogP contribution in [0.15, 0.2) is 30.5 Å². The molecule has 1 aliphatic heterocycles. The summed E-state index contributed by atoms with van der Waals surface area (Å²) in [5.74, 6) is 1.16. The third-order valence-corrected chi connectivity index (χ3v) is 6.33. The SMILES string of the molecule is CS(=O)(=O)Cc1cc(Nc2cc(NC3CC3)n3ncc(C#N)c3n2)ccc1N1CC(O)C1. The van der Waals surface area contributed by atoms with E-state index in [0.29, 0.717) is 47.4 Å². The van der Waals surface area contributed by atoms with Gasteiger partial charge in [0, 0.05) is 42.8 Å². The largest absolute Gasteiger partial charge is 0.389 e. The molecule has 10 nitrogen and oxygen atoms in total. The molecule has 11 heteroatoms. The van der Waals surface area contributed by atoms with Gasteiger partial charge in [-0.2, -0.15) is 14.9 Å². The number of anilines is 4. The molecule has 0 unspecified atom stereocenters. The van der Waals surface area contributed by atoms with E-state index in [1.165, 1.54) is 12.5 Å². The fourth-order valence-corrected chi connectivity index (χ4v) is 4.61. The van der Waals surface area contributed by atoms with Crippen molar-refractivity contribution in [3.63, 3.8) is 0 Å². The van der Waals surface area contributed by atoms with Crippen LogP contribution in [-0.4, -0.2) is 59.6 Å². The fraction of sp³-hybridized carbons (Fsp3) is 0.381. The smallest absolute Gasteiger partial charge is 0.177 e. The summed E-state index contributed by atoms with van der Waals surface area (Å²) in [6.07, 6.45) is 4.47. The van der Waals surface area contributed by atoms with Gasteiger partial charge >= 0.3 is 0 Å². The number of aliphatic hydroxyl groups excluding tert-OH is 1. The Morgan fingerprint density at radius 1 is 1.28 bits per heavy atom. The Kier molecular flexibility index (Phi) is 4.91. The van der Waals surface area contributed by atoms with Crippen molar-refractivity contribution >= 4 is 38.5 Å². The van der Waals surface area contributed by atoms with Crippen LogP contribution in [0.3, 0.4) is 0 Å². The average molecular weight is 454 g/mol. The van der Waals surface area contributed by atoms with Crippen molar-refractivity contribution in [1.82, 2.24) is 14.6 Å². The summed E-state index contributed by atoms with van der Waals surface area (Å²) in [6, 6.07) is 9.83. The minimum atomic E-state index is -3.25. The molecule has 3 heterocycles. The summed E-state index contributed by atoms with van der Waals surface area (Å²) in [5, 5.41) is 30.0. The van der Waals surface area contributed by atoms with Gasteiger partial charge in [-0.25, -0.2) is 13.4 Å². The molecule has 0 amide bonds. The Labute approximate surface area is 185 Å². The molecule has 0 atom stereocenters. The van der Waals surface area contributed by atoms with E-state index in [9.17, 15) is 18.8 Å². The van der Waals surface area contributed by atoms with Gasteiger partial charge in [-0.05, 0) is 36.6 Å². The maximum atomic E-state index is 12.0. The number of aromatic nitrogens is 3. The van der Waals surface area contributed by atoms with E-state index in [2.05, 4.69) is 26.8 Å². The molecule has 3 aromatic rings. The van der Waals surface area contributed by atoms with Gasteiger partial charge in [0.1, 0.15) is 23.3 Å². The molecule has 2 fully saturated rings. The van der Waals surface area contributed by atoms with E-state index in [0.717, 1.165) is 24.3 Å². The second-order valence-corrected chi connectivity index (χ2v) is 10.6. The van der Waals surface area contributed by atoms with Gasteiger partial charge in [0.2, 0.25) is 0 Å². The summed E-state index contributed by atoms with van der Waals surface area (Å²) in [4.78, 5) is 6.51. The van der Waals surface area contributed by atoms with Crippen molar-refractivity contribution in [2.24, 2.45) is 0 Å². The number of hydrogen-bond acceptors (Lipinski definition) is 9. The van der Waals surface area contributed by atoms with Crippen LogP contribution in [0.25, 0.3) is 5.65 Å². The van der Waals surface area contributed by atoms with Crippen LogP contribution in [-0.2, 0) is 15.6 Å². The number of hydrogen-bond donors (Lipinski definition) is 3. The fourth-order valence-electron chi connectivity index (χ4n) is 3.82. The summed E-state index contributed by atoms with van der Waals surface area (Å²) < 4.78 is 25.6. The highest BCUT2D eigenvalue weighted by Gasteiger charge is 2.27. The van der Waals surface area contributed by atoms with Gasteiger partial charge in [-0.15, -0.1) is 0 Å². The van der Waals surface area contributed by atoms with Crippen molar-refractivity contribution in [3.8, 4) is 6.07 Å². The lowest BCUT2D eigenvalue weighted by Crippen LogP contribution is -2.51. The highest BCUT2D eigenvalue weighted by atomic mass is 32.2. The number of fused-ring (bicyclic) bond motifs is 1. The number of nitriles is 1. The highest BCUT2D eigenvalue weighted by molar-refractivity contribution is 7.89. The van der Waals surface area contributed by atoms with E-state index < -0.39 is 15.9 Å². The molecule has 2 aromatic heterocycles. The van der Waals surface area contributed by atoms with Crippen molar-refractivity contribution in [2.45, 2.75) is 30.7 Å². The first-order chi connectivity index (χ1) is 15.3. The third-order valence-electron chi connectivity index (χ3n) is 5.49. The van der Waals surface area contributed by atoms with Gasteiger partial charge in [-0.3, -0.25) is 0 Å². The highest BCUT2D eigenvalue weighted by Crippen LogP contribution is 2.32. The predicted octanol–water partition coefficient (Wildman–Crippen LogP) is 1.64. The molecule has 0 bridgehead atoms. The number of aliphatic hydroxyl groups is 1. The zero-order chi connectivity index (χ0) is 22.5. The molecule has 0 radical (unpaired) electrons. The molecule has 3 N–H and O–H groups in total. The maximum absolute atomic E-state index is 12.0. The average Bonchev–Trinajstić information content (AvgIpc) is 3.41. The van der Waals surface area contributed by atoms with E-state index in [-0.39, 0.29) is 5.75 Å². The first kappa shape index (κ1) is 20.5. The number of rotatable bonds is 7. The molecule has 1 saturated heterocycles. The third kappa shape index (κ3) is 4.19. The Morgan fingerprint density at radius 3 is 2.72 bits per heavy atom. The summed E-state index contributed by atoms with van der Waals surface area (Å²) in [5.41, 5.74) is 2.96. The molecule has 1 aliphatic carbocycles. The molecule has 1 aromatic carbocycles. The molecular formula is C21H23N7O3S. The lowest BCUT2D eigenvalue weighted by molar-refractivity contribution is 0.142. The van der Waals surface area contributed by atoms with Crippen molar-refractivity contribution < 1.29 is 13.5 Å². The van der Waals surface area contributed by atoms with Gasteiger partial charge in [0.25, 0.3) is 0 Å². The minimum Gasteiger partial charge on any atom is -0.389 e. The zero-order valence-electron chi connectivity index (χ0n) is 17.5. The summed E-state index contributed by atoms with van der Waals surface area (Å²) >= 11 is 0. The first-order valence-corrected chi connectivity index (χ1v) is 12.4. The van der Waals surface area contributed by atoms with Crippen molar-refractivity contribution in [2.75, 3.05) is 34.9 Å². The van der Waals surface area contributed by atoms with Crippen LogP contribution in [0, 0.1) is 11.3 Å². The van der Waals surface area contributed by atoms with Crippen molar-refractivity contribution in [3.05, 3.63) is 41.6 Å². The monoisotopic (exact) mass is 453 g/mol. The Morgan fingerprint density at radius 2 is 2.06 bits per heavy atom. The topological polar surface area (TPSA) is 136 Å². The zero-order valence-corrected chi connectivity index (χ0v) is 18.3. The number of nitrogens with one attached hydrogen (secondary N) is 2. The second-order valence-electron chi connectivity index (χ2n) is 8.45. The van der Waals surface area contributed by atoms with Crippen LogP contribution in [0.5, 0.6) is 0 Å². The van der Waals surface area contributed by atoms with Crippen molar-refractivity contribution in [1.29, 1.82) is 5.26 Å². The molecule has 32 heavy (non-hydrogen) atoms. The predicted molar refractivity (Wildman–Crippen MR) is 121 cm³/mol. The number of benzene rings is 1. The first-order valence-electron chi connectivity index (χ1n) is 10.4. The van der Waals surface area contributed by atoms with Gasteiger partial charge < -0.3 is 20.6 Å². The van der Waals surface area contributed by atoms with E-state index in [1.807, 2.05) is 23.1 Å². The molecule has 2 aliphatic rings. The summed E-state index contributed by atoms with van der Waals surface area (Å²) in [6.45, 7) is 0.964. The molecule has 5 rings (SSSR count). The Hall–Kier alpha value is -3.36. The molecular weight excluding hydrogens is 430 g/mol. The number of nitrogens with zero attached hydrogens (tertiary/aromatic N) is 5. The van der Waals surface area contributed by atoms with E-state index in [4.69, 9.17) is 0 Å². The number of β-amino-alcohol motifs (C(OH)–C–C–N with tert-alkyl or cyclic N) is 1. The Bertz CT molecular complexity index is 1340. The molecule has 1 saturated carbocycles. The summed E-state index contributed by atoms with van der Waals surface area (Å²) in [7, 11) is -3.25. The van der Waals surface area contributed by atoms with E-state index in [1.54, 1.807) is 10.6 Å². The van der Waals surface area contributed by atoms with Crippen LogP contribution in [0.1, 0.15) is 24.0 Å². The van der Waals surface area contributed by atoms with Gasteiger partial charge in [0.05, 0.1) is 18.1 Å². The molecule has 0 spiro atoms. The quantitative estimate of drug-likeness (QED) is 0.488. The Balaban J connectivity index is 1.50. The van der Waals surface area contributed by atoms with Crippen LogP contribution in [0.4, 0.5) is 23.0 Å².